The molecule has 0 fully saturated rings. The summed E-state index contributed by atoms with van der Waals surface area (Å²) < 4.78 is 1.31. The van der Waals surface area contributed by atoms with E-state index in [9.17, 15) is 15.0 Å². The minimum Gasteiger partial charge on any atom is -0.507 e. The van der Waals surface area contributed by atoms with Crippen LogP contribution >= 0.6 is 31.9 Å². The Morgan fingerprint density at radius 2 is 1.76 bits per heavy atom. The Labute approximate surface area is 114 Å². The minimum absolute atomic E-state index is 0.117. The molecule has 6 heteroatoms. The number of halogens is 2. The summed E-state index contributed by atoms with van der Waals surface area (Å²) in [6, 6.07) is 5.72. The van der Waals surface area contributed by atoms with E-state index in [0.29, 0.717) is 9.08 Å². The molecule has 0 radical (unpaired) electrons. The maximum atomic E-state index is 12.1. The number of phenols is 2. The first kappa shape index (κ1) is 12.2. The van der Waals surface area contributed by atoms with E-state index in [2.05, 4.69) is 36.8 Å². The van der Waals surface area contributed by atoms with Gasteiger partial charge in [-0.1, -0.05) is 6.07 Å². The smallest absolute Gasteiger partial charge is 0.216 e. The third-order valence-corrected chi connectivity index (χ3v) is 4.00. The van der Waals surface area contributed by atoms with Crippen molar-refractivity contribution in [1.82, 2.24) is 4.98 Å². The van der Waals surface area contributed by atoms with Gasteiger partial charge in [0.2, 0.25) is 5.78 Å². The van der Waals surface area contributed by atoms with E-state index in [0.717, 1.165) is 0 Å². The number of hydrogen-bond donors (Lipinski definition) is 3. The molecule has 0 aliphatic rings. The van der Waals surface area contributed by atoms with Crippen molar-refractivity contribution >= 4 is 37.6 Å². The Bertz CT molecular complexity index is 553. The molecule has 2 rings (SSSR count). The summed E-state index contributed by atoms with van der Waals surface area (Å²) in [4.78, 5) is 14.9. The van der Waals surface area contributed by atoms with E-state index >= 15 is 0 Å². The lowest BCUT2D eigenvalue weighted by molar-refractivity contribution is 0.102. The van der Waals surface area contributed by atoms with Crippen LogP contribution in [0.3, 0.4) is 0 Å². The number of nitrogens with one attached hydrogen (secondary N) is 1. The average Bonchev–Trinajstić information content (AvgIpc) is 2.59. The van der Waals surface area contributed by atoms with E-state index < -0.39 is 5.78 Å². The first-order chi connectivity index (χ1) is 8.00. The number of benzene rings is 1. The zero-order chi connectivity index (χ0) is 12.6. The number of hydrogen-bond acceptors (Lipinski definition) is 3. The van der Waals surface area contributed by atoms with Crippen molar-refractivity contribution in [2.75, 3.05) is 0 Å². The van der Waals surface area contributed by atoms with Gasteiger partial charge in [-0.15, -0.1) is 0 Å². The Morgan fingerprint density at radius 3 is 2.24 bits per heavy atom. The van der Waals surface area contributed by atoms with Gasteiger partial charge in [-0.05, 0) is 50.1 Å². The first-order valence-electron chi connectivity index (χ1n) is 4.60. The highest BCUT2D eigenvalue weighted by atomic mass is 79.9. The van der Waals surface area contributed by atoms with E-state index in [4.69, 9.17) is 0 Å². The van der Waals surface area contributed by atoms with Crippen LogP contribution in [-0.4, -0.2) is 21.0 Å². The third-order valence-electron chi connectivity index (χ3n) is 2.22. The fourth-order valence-electron chi connectivity index (χ4n) is 1.42. The number of aromatic amines is 1. The summed E-state index contributed by atoms with van der Waals surface area (Å²) >= 11 is 6.45. The Hall–Kier alpha value is -1.27. The van der Waals surface area contributed by atoms with Gasteiger partial charge in [0.25, 0.3) is 0 Å². The molecule has 1 aromatic carbocycles. The second-order valence-corrected chi connectivity index (χ2v) is 4.99. The molecule has 88 valence electrons. The largest absolute Gasteiger partial charge is 0.507 e. The molecular formula is C11H7Br2NO3. The Balaban J connectivity index is 2.51. The standard InChI is InChI=1S/C11H7Br2NO3/c12-5-4-6(14-11(5)13)10(17)9-7(15)2-1-3-8(9)16/h1-4,14-16H. The number of rotatable bonds is 2. The molecule has 3 N–H and O–H groups in total. The van der Waals surface area contributed by atoms with Crippen LogP contribution in [0.5, 0.6) is 11.5 Å². The van der Waals surface area contributed by atoms with E-state index in [-0.39, 0.29) is 22.8 Å². The van der Waals surface area contributed by atoms with Crippen LogP contribution in [0, 0.1) is 0 Å². The van der Waals surface area contributed by atoms with Gasteiger partial charge in [0, 0.05) is 0 Å². The summed E-state index contributed by atoms with van der Waals surface area (Å²) in [5.74, 6) is -0.985. The van der Waals surface area contributed by atoms with Crippen molar-refractivity contribution in [2.45, 2.75) is 0 Å². The second-order valence-electron chi connectivity index (χ2n) is 3.35. The van der Waals surface area contributed by atoms with Crippen LogP contribution in [0.25, 0.3) is 0 Å². The Morgan fingerprint density at radius 1 is 1.18 bits per heavy atom. The average molecular weight is 361 g/mol. The number of aromatic nitrogens is 1. The van der Waals surface area contributed by atoms with Crippen LogP contribution in [0.2, 0.25) is 0 Å². The van der Waals surface area contributed by atoms with Crippen LogP contribution in [0.15, 0.2) is 33.3 Å². The summed E-state index contributed by atoms with van der Waals surface area (Å²) in [5, 5.41) is 19.2. The quantitative estimate of drug-likeness (QED) is 0.720. The number of carbonyl (C=O) groups excluding carboxylic acids is 1. The molecule has 0 amide bonds. The Kier molecular flexibility index (Phi) is 3.26. The van der Waals surface area contributed by atoms with Gasteiger partial charge in [-0.2, -0.15) is 0 Å². The number of phenolic OH excluding ortho intramolecular Hbond substituents is 2. The molecule has 17 heavy (non-hydrogen) atoms. The van der Waals surface area contributed by atoms with Gasteiger partial charge in [-0.25, -0.2) is 0 Å². The molecule has 1 heterocycles. The molecular weight excluding hydrogens is 354 g/mol. The van der Waals surface area contributed by atoms with Crippen molar-refractivity contribution in [2.24, 2.45) is 0 Å². The number of carbonyl (C=O) groups is 1. The topological polar surface area (TPSA) is 73.3 Å². The highest BCUT2D eigenvalue weighted by molar-refractivity contribution is 9.13. The van der Waals surface area contributed by atoms with Gasteiger partial charge in [0.15, 0.2) is 0 Å². The van der Waals surface area contributed by atoms with Crippen molar-refractivity contribution < 1.29 is 15.0 Å². The SMILES string of the molecule is O=C(c1cc(Br)c(Br)[nH]1)c1c(O)cccc1O. The maximum Gasteiger partial charge on any atom is 0.216 e. The highest BCUT2D eigenvalue weighted by Crippen LogP contribution is 2.31. The summed E-state index contributed by atoms with van der Waals surface area (Å²) in [6.07, 6.45) is 0. The van der Waals surface area contributed by atoms with Gasteiger partial charge >= 0.3 is 0 Å². The summed E-state index contributed by atoms with van der Waals surface area (Å²) in [5.41, 5.74) is 0.148. The molecule has 0 atom stereocenters. The zero-order valence-corrected chi connectivity index (χ0v) is 11.5. The third kappa shape index (κ3) is 2.23. The predicted octanol–water partition coefficient (Wildman–Crippen LogP) is 3.18. The highest BCUT2D eigenvalue weighted by Gasteiger charge is 2.20. The van der Waals surface area contributed by atoms with Crippen molar-refractivity contribution in [1.29, 1.82) is 0 Å². The molecule has 0 bridgehead atoms. The molecule has 0 saturated carbocycles. The predicted molar refractivity (Wildman–Crippen MR) is 69.4 cm³/mol. The van der Waals surface area contributed by atoms with Crippen LogP contribution < -0.4 is 0 Å². The molecule has 0 aliphatic carbocycles. The van der Waals surface area contributed by atoms with Gasteiger partial charge < -0.3 is 15.2 Å². The molecule has 0 unspecified atom stereocenters. The van der Waals surface area contributed by atoms with E-state index in [1.54, 1.807) is 6.07 Å². The molecule has 0 saturated heterocycles. The lowest BCUT2D eigenvalue weighted by Gasteiger charge is -2.04. The lowest BCUT2D eigenvalue weighted by atomic mass is 10.1. The monoisotopic (exact) mass is 359 g/mol. The first-order valence-corrected chi connectivity index (χ1v) is 6.19. The number of ketones is 1. The van der Waals surface area contributed by atoms with Gasteiger partial charge in [-0.3, -0.25) is 4.79 Å². The summed E-state index contributed by atoms with van der Waals surface area (Å²) in [6.45, 7) is 0. The molecule has 0 spiro atoms. The van der Waals surface area contributed by atoms with Crippen molar-refractivity contribution in [3.05, 3.63) is 44.6 Å². The van der Waals surface area contributed by atoms with Gasteiger partial charge in [0.1, 0.15) is 17.1 Å². The summed E-state index contributed by atoms with van der Waals surface area (Å²) in [7, 11) is 0. The van der Waals surface area contributed by atoms with Crippen LogP contribution in [0.4, 0.5) is 0 Å². The van der Waals surface area contributed by atoms with Crippen LogP contribution in [0.1, 0.15) is 16.1 Å². The molecule has 2 aromatic rings. The van der Waals surface area contributed by atoms with Gasteiger partial charge in [0.05, 0.1) is 14.8 Å². The lowest BCUT2D eigenvalue weighted by Crippen LogP contribution is -2.02. The molecule has 4 nitrogen and oxygen atoms in total. The van der Waals surface area contributed by atoms with Crippen molar-refractivity contribution in [3.63, 3.8) is 0 Å². The molecule has 1 aromatic heterocycles. The van der Waals surface area contributed by atoms with Crippen LogP contribution in [-0.2, 0) is 0 Å². The molecule has 0 aliphatic heterocycles. The van der Waals surface area contributed by atoms with E-state index in [1.165, 1.54) is 18.2 Å². The fourth-order valence-corrected chi connectivity index (χ4v) is 2.08. The van der Waals surface area contributed by atoms with Crippen molar-refractivity contribution in [3.8, 4) is 11.5 Å². The fraction of sp³-hybridized carbons (Fsp3) is 0. The zero-order valence-electron chi connectivity index (χ0n) is 8.37. The number of aromatic hydroxyl groups is 2. The van der Waals surface area contributed by atoms with E-state index in [1.807, 2.05) is 0 Å². The second kappa shape index (κ2) is 4.54. The minimum atomic E-state index is -0.480. The number of H-pyrrole nitrogens is 1. The maximum absolute atomic E-state index is 12.1. The normalized spacial score (nSPS) is 10.5.